The van der Waals surface area contributed by atoms with Crippen LogP contribution in [0.2, 0.25) is 0 Å². The van der Waals surface area contributed by atoms with Crippen molar-refractivity contribution in [3.05, 3.63) is 0 Å². The van der Waals surface area contributed by atoms with Gasteiger partial charge in [0.15, 0.2) is 0 Å². The lowest BCUT2D eigenvalue weighted by atomic mass is 10.0. The molecule has 0 saturated carbocycles. The van der Waals surface area contributed by atoms with E-state index >= 15 is 0 Å². The van der Waals surface area contributed by atoms with Crippen LogP contribution < -0.4 is 10.0 Å². The van der Waals surface area contributed by atoms with Crippen molar-refractivity contribution in [3.8, 4) is 0 Å². The molecule has 0 radical (unpaired) electrons. The van der Waals surface area contributed by atoms with Crippen molar-refractivity contribution in [2.75, 3.05) is 32.4 Å². The molecule has 1 saturated heterocycles. The minimum atomic E-state index is -3.13. The quantitative estimate of drug-likeness (QED) is 0.671. The van der Waals surface area contributed by atoms with E-state index in [1.165, 1.54) is 12.8 Å². The lowest BCUT2D eigenvalue weighted by Gasteiger charge is -2.24. The number of likely N-dealkylation sites (N-methyl/N-ethyl adjacent to an activating group) is 1. The summed E-state index contributed by atoms with van der Waals surface area (Å²) >= 11 is 0. The second kappa shape index (κ2) is 8.97. The molecule has 20 heavy (non-hydrogen) atoms. The maximum Gasteiger partial charge on any atom is 0.211 e. The number of nitrogens with one attached hydrogen (secondary N) is 2. The van der Waals surface area contributed by atoms with Gasteiger partial charge in [0, 0.05) is 25.2 Å². The third-order valence-electron chi connectivity index (χ3n) is 4.28. The SMILES string of the molecule is CCC(C)N(C)CCNS(=O)(=O)CCC1CCCCN1. The first kappa shape index (κ1) is 17.9. The molecule has 5 nitrogen and oxygen atoms in total. The Morgan fingerprint density at radius 1 is 1.40 bits per heavy atom. The largest absolute Gasteiger partial charge is 0.314 e. The first-order chi connectivity index (χ1) is 9.44. The molecule has 6 heteroatoms. The van der Waals surface area contributed by atoms with E-state index < -0.39 is 10.0 Å². The highest BCUT2D eigenvalue weighted by Gasteiger charge is 2.17. The molecule has 2 atom stereocenters. The minimum absolute atomic E-state index is 0.234. The lowest BCUT2D eigenvalue weighted by Crippen LogP contribution is -2.40. The summed E-state index contributed by atoms with van der Waals surface area (Å²) in [6, 6.07) is 0.869. The Labute approximate surface area is 124 Å². The van der Waals surface area contributed by atoms with Gasteiger partial charge in [-0.2, -0.15) is 0 Å². The topological polar surface area (TPSA) is 61.4 Å². The average molecular weight is 305 g/mol. The molecule has 0 amide bonds. The van der Waals surface area contributed by atoms with E-state index in [2.05, 4.69) is 28.8 Å². The summed E-state index contributed by atoms with van der Waals surface area (Å²) in [4.78, 5) is 2.19. The van der Waals surface area contributed by atoms with Crippen molar-refractivity contribution in [2.24, 2.45) is 0 Å². The minimum Gasteiger partial charge on any atom is -0.314 e. The van der Waals surface area contributed by atoms with E-state index in [9.17, 15) is 8.42 Å². The number of rotatable bonds is 9. The van der Waals surface area contributed by atoms with Gasteiger partial charge >= 0.3 is 0 Å². The van der Waals surface area contributed by atoms with E-state index in [1.807, 2.05) is 7.05 Å². The van der Waals surface area contributed by atoms with Crippen molar-refractivity contribution in [1.29, 1.82) is 0 Å². The van der Waals surface area contributed by atoms with Crippen molar-refractivity contribution in [2.45, 2.75) is 58.0 Å². The molecule has 0 bridgehead atoms. The fourth-order valence-electron chi connectivity index (χ4n) is 2.45. The van der Waals surface area contributed by atoms with Crippen LogP contribution in [0, 0.1) is 0 Å². The van der Waals surface area contributed by atoms with Gasteiger partial charge in [-0.25, -0.2) is 13.1 Å². The molecule has 0 aliphatic carbocycles. The molecular weight excluding hydrogens is 274 g/mol. The summed E-state index contributed by atoms with van der Waals surface area (Å²) in [6.07, 6.45) is 5.33. The van der Waals surface area contributed by atoms with Crippen LogP contribution in [0.5, 0.6) is 0 Å². The van der Waals surface area contributed by atoms with E-state index in [1.54, 1.807) is 0 Å². The number of nitrogens with zero attached hydrogens (tertiary/aromatic N) is 1. The Morgan fingerprint density at radius 3 is 2.75 bits per heavy atom. The zero-order valence-corrected chi connectivity index (χ0v) is 14.0. The third kappa shape index (κ3) is 7.02. The van der Waals surface area contributed by atoms with Gasteiger partial charge in [-0.1, -0.05) is 13.3 Å². The van der Waals surface area contributed by atoms with Crippen LogP contribution in [0.25, 0.3) is 0 Å². The number of hydrogen-bond acceptors (Lipinski definition) is 4. The highest BCUT2D eigenvalue weighted by atomic mass is 32.2. The van der Waals surface area contributed by atoms with Gasteiger partial charge in [0.05, 0.1) is 5.75 Å². The molecule has 1 fully saturated rings. The highest BCUT2D eigenvalue weighted by molar-refractivity contribution is 7.89. The van der Waals surface area contributed by atoms with Crippen molar-refractivity contribution in [1.82, 2.24) is 14.9 Å². The summed E-state index contributed by atoms with van der Waals surface area (Å²) in [5.41, 5.74) is 0. The summed E-state index contributed by atoms with van der Waals surface area (Å²) in [5, 5.41) is 3.39. The van der Waals surface area contributed by atoms with E-state index in [0.29, 0.717) is 18.6 Å². The number of sulfonamides is 1. The number of piperidine rings is 1. The Bertz CT molecular complexity index is 353. The van der Waals surface area contributed by atoms with Gasteiger partial charge in [0.1, 0.15) is 0 Å². The number of hydrogen-bond donors (Lipinski definition) is 2. The van der Waals surface area contributed by atoms with Crippen LogP contribution in [0.4, 0.5) is 0 Å². The van der Waals surface area contributed by atoms with E-state index in [0.717, 1.165) is 32.4 Å². The van der Waals surface area contributed by atoms with Gasteiger partial charge in [-0.3, -0.25) is 0 Å². The molecule has 1 aliphatic rings. The third-order valence-corrected chi connectivity index (χ3v) is 5.69. The van der Waals surface area contributed by atoms with Crippen LogP contribution in [0.3, 0.4) is 0 Å². The first-order valence-electron chi connectivity index (χ1n) is 7.85. The van der Waals surface area contributed by atoms with Gasteiger partial charge in [-0.05, 0) is 46.2 Å². The Balaban J connectivity index is 2.20. The lowest BCUT2D eigenvalue weighted by molar-refractivity contribution is 0.256. The molecule has 1 heterocycles. The maximum atomic E-state index is 11.9. The van der Waals surface area contributed by atoms with Crippen molar-refractivity contribution < 1.29 is 8.42 Å². The van der Waals surface area contributed by atoms with Gasteiger partial charge in [0.2, 0.25) is 10.0 Å². The van der Waals surface area contributed by atoms with Crippen LogP contribution in [-0.2, 0) is 10.0 Å². The predicted octanol–water partition coefficient (Wildman–Crippen LogP) is 1.17. The zero-order valence-electron chi connectivity index (χ0n) is 13.2. The molecule has 1 rings (SSSR count). The Morgan fingerprint density at radius 2 is 2.15 bits per heavy atom. The predicted molar refractivity (Wildman–Crippen MR) is 84.4 cm³/mol. The molecule has 1 aliphatic heterocycles. The molecule has 0 spiro atoms. The van der Waals surface area contributed by atoms with Crippen molar-refractivity contribution in [3.63, 3.8) is 0 Å². The van der Waals surface area contributed by atoms with E-state index in [4.69, 9.17) is 0 Å². The zero-order chi connectivity index (χ0) is 15.0. The van der Waals surface area contributed by atoms with Gasteiger partial charge in [0.25, 0.3) is 0 Å². The second-order valence-corrected chi connectivity index (χ2v) is 7.81. The standard InChI is InChI=1S/C14H31N3O2S/c1-4-13(2)17(3)11-10-16-20(18,19)12-8-14-7-5-6-9-15-14/h13-16H,4-12H2,1-3H3. The van der Waals surface area contributed by atoms with Crippen LogP contribution in [0.1, 0.15) is 46.0 Å². The second-order valence-electron chi connectivity index (χ2n) is 5.89. The smallest absolute Gasteiger partial charge is 0.211 e. The van der Waals surface area contributed by atoms with E-state index in [-0.39, 0.29) is 5.75 Å². The summed E-state index contributed by atoms with van der Waals surface area (Å²) in [5.74, 6) is 0.234. The molecule has 120 valence electrons. The van der Waals surface area contributed by atoms with Crippen LogP contribution in [0.15, 0.2) is 0 Å². The Kier molecular flexibility index (Phi) is 8.02. The molecular formula is C14H31N3O2S. The maximum absolute atomic E-state index is 11.9. The molecule has 0 aromatic heterocycles. The normalized spacial score (nSPS) is 22.1. The van der Waals surface area contributed by atoms with Crippen LogP contribution >= 0.6 is 0 Å². The van der Waals surface area contributed by atoms with Gasteiger partial charge < -0.3 is 10.2 Å². The summed E-state index contributed by atoms with van der Waals surface area (Å²) in [7, 11) is -1.09. The molecule has 0 aromatic carbocycles. The monoisotopic (exact) mass is 305 g/mol. The average Bonchev–Trinajstić information content (AvgIpc) is 2.45. The highest BCUT2D eigenvalue weighted by Crippen LogP contribution is 2.10. The van der Waals surface area contributed by atoms with Gasteiger partial charge in [-0.15, -0.1) is 0 Å². The summed E-state index contributed by atoms with van der Waals surface area (Å²) < 4.78 is 26.6. The van der Waals surface area contributed by atoms with Crippen LogP contribution in [-0.4, -0.2) is 57.8 Å². The Hall–Kier alpha value is -0.170. The molecule has 2 N–H and O–H groups in total. The fraction of sp³-hybridized carbons (Fsp3) is 1.00. The first-order valence-corrected chi connectivity index (χ1v) is 9.51. The van der Waals surface area contributed by atoms with Crippen molar-refractivity contribution >= 4 is 10.0 Å². The molecule has 0 aromatic rings. The fourth-order valence-corrected chi connectivity index (χ4v) is 3.59. The summed E-state index contributed by atoms with van der Waals surface area (Å²) in [6.45, 7) is 6.58. The molecule has 2 unspecified atom stereocenters.